The van der Waals surface area contributed by atoms with Crippen molar-refractivity contribution in [2.24, 2.45) is 0 Å². The van der Waals surface area contributed by atoms with Gasteiger partial charge in [-0.25, -0.2) is 4.98 Å². The fraction of sp³-hybridized carbons (Fsp3) is 0.417. The highest BCUT2D eigenvalue weighted by Crippen LogP contribution is 2.24. The van der Waals surface area contributed by atoms with Crippen LogP contribution in [0.4, 0.5) is 0 Å². The molecule has 0 amide bonds. The molecule has 3 heteroatoms. The molecule has 0 radical (unpaired) electrons. The van der Waals surface area contributed by atoms with Crippen molar-refractivity contribution in [1.29, 1.82) is 0 Å². The maximum atomic E-state index is 5.40. The first-order valence-electron chi connectivity index (χ1n) is 5.36. The molecule has 0 spiro atoms. The molecule has 1 fully saturated rings. The molecular weight excluding hydrogens is 188 g/mol. The zero-order valence-electron chi connectivity index (χ0n) is 8.81. The fourth-order valence-corrected chi connectivity index (χ4v) is 2.17. The van der Waals surface area contributed by atoms with E-state index in [9.17, 15) is 0 Å². The number of aromatic nitrogens is 2. The molecule has 3 nitrogen and oxygen atoms in total. The van der Waals surface area contributed by atoms with Crippen LogP contribution in [0.1, 0.15) is 23.7 Å². The summed E-state index contributed by atoms with van der Waals surface area (Å²) in [6.45, 7) is 3.78. The third kappa shape index (κ3) is 1.43. The van der Waals surface area contributed by atoms with Gasteiger partial charge in [0, 0.05) is 18.7 Å². The molecular formula is C12H14N2O. The van der Waals surface area contributed by atoms with Crippen LogP contribution in [0.2, 0.25) is 0 Å². The van der Waals surface area contributed by atoms with Crippen molar-refractivity contribution in [3.05, 3.63) is 35.9 Å². The maximum absolute atomic E-state index is 5.40. The Balaban J connectivity index is 2.11. The number of hydrogen-bond donors (Lipinski definition) is 0. The van der Waals surface area contributed by atoms with Crippen molar-refractivity contribution >= 4 is 5.52 Å². The van der Waals surface area contributed by atoms with Crippen molar-refractivity contribution < 1.29 is 4.74 Å². The summed E-state index contributed by atoms with van der Waals surface area (Å²) in [5, 5.41) is 0. The maximum Gasteiger partial charge on any atom is 0.118 e. The summed E-state index contributed by atoms with van der Waals surface area (Å²) in [5.74, 6) is 1.61. The highest BCUT2D eigenvalue weighted by molar-refractivity contribution is 5.48. The molecule has 3 rings (SSSR count). The highest BCUT2D eigenvalue weighted by atomic mass is 16.5. The fourth-order valence-electron chi connectivity index (χ4n) is 2.17. The Kier molecular flexibility index (Phi) is 1.99. The topological polar surface area (TPSA) is 26.5 Å². The number of pyridine rings is 1. The monoisotopic (exact) mass is 202 g/mol. The van der Waals surface area contributed by atoms with Crippen LogP contribution in [0.5, 0.6) is 0 Å². The van der Waals surface area contributed by atoms with E-state index < -0.39 is 0 Å². The molecule has 1 aliphatic rings. The van der Waals surface area contributed by atoms with Gasteiger partial charge >= 0.3 is 0 Å². The van der Waals surface area contributed by atoms with Crippen LogP contribution in [-0.2, 0) is 4.74 Å². The minimum atomic E-state index is 0.468. The van der Waals surface area contributed by atoms with Gasteiger partial charge < -0.3 is 9.14 Å². The van der Waals surface area contributed by atoms with Gasteiger partial charge in [-0.15, -0.1) is 0 Å². The van der Waals surface area contributed by atoms with Crippen molar-refractivity contribution in [2.45, 2.75) is 19.3 Å². The number of fused-ring (bicyclic) bond motifs is 1. The lowest BCUT2D eigenvalue weighted by molar-refractivity contribution is 0.193. The second-order valence-corrected chi connectivity index (χ2v) is 4.18. The number of imidazole rings is 1. The smallest absolute Gasteiger partial charge is 0.118 e. The lowest BCUT2D eigenvalue weighted by Gasteiger charge is -2.06. The summed E-state index contributed by atoms with van der Waals surface area (Å²) >= 11 is 0. The number of hydrogen-bond acceptors (Lipinski definition) is 2. The van der Waals surface area contributed by atoms with E-state index in [0.29, 0.717) is 5.92 Å². The average molecular weight is 202 g/mol. The molecule has 0 N–H and O–H groups in total. The van der Waals surface area contributed by atoms with Crippen LogP contribution in [0, 0.1) is 6.92 Å². The molecule has 1 saturated heterocycles. The van der Waals surface area contributed by atoms with Gasteiger partial charge in [-0.3, -0.25) is 0 Å². The summed E-state index contributed by atoms with van der Waals surface area (Å²) in [4.78, 5) is 4.50. The highest BCUT2D eigenvalue weighted by Gasteiger charge is 2.21. The molecule has 2 aromatic rings. The first-order chi connectivity index (χ1) is 7.34. The summed E-state index contributed by atoms with van der Waals surface area (Å²) in [6, 6.07) is 4.28. The molecule has 0 saturated carbocycles. The van der Waals surface area contributed by atoms with Gasteiger partial charge in [0.1, 0.15) is 5.82 Å². The zero-order valence-corrected chi connectivity index (χ0v) is 8.81. The van der Waals surface area contributed by atoms with Gasteiger partial charge in [0.2, 0.25) is 0 Å². The zero-order chi connectivity index (χ0) is 10.3. The van der Waals surface area contributed by atoms with E-state index in [1.807, 2.05) is 6.20 Å². The minimum Gasteiger partial charge on any atom is -0.381 e. The van der Waals surface area contributed by atoms with Crippen molar-refractivity contribution in [1.82, 2.24) is 9.38 Å². The molecule has 2 aromatic heterocycles. The third-order valence-corrected chi connectivity index (χ3v) is 3.01. The number of aryl methyl sites for hydroxylation is 1. The van der Waals surface area contributed by atoms with E-state index in [4.69, 9.17) is 4.74 Å². The largest absolute Gasteiger partial charge is 0.381 e. The van der Waals surface area contributed by atoms with E-state index in [0.717, 1.165) is 25.5 Å². The van der Waals surface area contributed by atoms with Gasteiger partial charge in [0.15, 0.2) is 0 Å². The Labute approximate surface area is 88.7 Å². The molecule has 0 bridgehead atoms. The molecule has 1 aliphatic heterocycles. The quantitative estimate of drug-likeness (QED) is 0.708. The Morgan fingerprint density at radius 2 is 2.47 bits per heavy atom. The van der Waals surface area contributed by atoms with E-state index in [-0.39, 0.29) is 0 Å². The SMILES string of the molecule is Cc1ccn2c(C3CCOC3)ncc2c1. The Hall–Kier alpha value is -1.35. The summed E-state index contributed by atoms with van der Waals surface area (Å²) in [7, 11) is 0. The van der Waals surface area contributed by atoms with Crippen LogP contribution in [0.25, 0.3) is 5.52 Å². The van der Waals surface area contributed by atoms with Gasteiger partial charge in [0.05, 0.1) is 18.3 Å². The van der Waals surface area contributed by atoms with Crippen molar-refractivity contribution in [3.63, 3.8) is 0 Å². The molecule has 3 heterocycles. The lowest BCUT2D eigenvalue weighted by Crippen LogP contribution is -2.03. The van der Waals surface area contributed by atoms with Crippen LogP contribution in [0.15, 0.2) is 24.5 Å². The second-order valence-electron chi connectivity index (χ2n) is 4.18. The number of rotatable bonds is 1. The van der Waals surface area contributed by atoms with E-state index in [2.05, 4.69) is 34.6 Å². The van der Waals surface area contributed by atoms with E-state index in [1.165, 1.54) is 11.1 Å². The Morgan fingerprint density at radius 1 is 1.53 bits per heavy atom. The predicted molar refractivity (Wildman–Crippen MR) is 58.1 cm³/mol. The van der Waals surface area contributed by atoms with Gasteiger partial charge in [-0.1, -0.05) is 0 Å². The Morgan fingerprint density at radius 3 is 3.27 bits per heavy atom. The van der Waals surface area contributed by atoms with Crippen LogP contribution in [0.3, 0.4) is 0 Å². The second kappa shape index (κ2) is 3.35. The van der Waals surface area contributed by atoms with E-state index in [1.54, 1.807) is 0 Å². The summed E-state index contributed by atoms with van der Waals surface area (Å²) < 4.78 is 7.57. The Bertz CT molecular complexity index is 483. The molecule has 1 atom stereocenters. The molecule has 15 heavy (non-hydrogen) atoms. The van der Waals surface area contributed by atoms with Crippen LogP contribution < -0.4 is 0 Å². The van der Waals surface area contributed by atoms with Gasteiger partial charge in [-0.2, -0.15) is 0 Å². The number of nitrogens with zero attached hydrogens (tertiary/aromatic N) is 2. The number of ether oxygens (including phenoxy) is 1. The first-order valence-corrected chi connectivity index (χ1v) is 5.36. The third-order valence-electron chi connectivity index (χ3n) is 3.01. The van der Waals surface area contributed by atoms with Crippen molar-refractivity contribution in [3.8, 4) is 0 Å². The molecule has 0 aliphatic carbocycles. The summed E-state index contributed by atoms with van der Waals surface area (Å²) in [6.07, 6.45) is 5.14. The van der Waals surface area contributed by atoms with Crippen molar-refractivity contribution in [2.75, 3.05) is 13.2 Å². The van der Waals surface area contributed by atoms with E-state index >= 15 is 0 Å². The lowest BCUT2D eigenvalue weighted by atomic mass is 10.1. The average Bonchev–Trinajstić information content (AvgIpc) is 2.82. The van der Waals surface area contributed by atoms with Gasteiger partial charge in [-0.05, 0) is 31.0 Å². The van der Waals surface area contributed by atoms with Crippen LogP contribution >= 0.6 is 0 Å². The normalized spacial score (nSPS) is 21.3. The predicted octanol–water partition coefficient (Wildman–Crippen LogP) is 2.15. The molecule has 78 valence electrons. The molecule has 1 unspecified atom stereocenters. The summed E-state index contributed by atoms with van der Waals surface area (Å²) in [5.41, 5.74) is 2.45. The van der Waals surface area contributed by atoms with Crippen LogP contribution in [-0.4, -0.2) is 22.6 Å². The standard InChI is InChI=1S/C12H14N2O/c1-9-2-4-14-11(6-9)7-13-12(14)10-3-5-15-8-10/h2,4,6-7,10H,3,5,8H2,1H3. The van der Waals surface area contributed by atoms with Gasteiger partial charge in [0.25, 0.3) is 0 Å². The molecule has 0 aromatic carbocycles. The first kappa shape index (κ1) is 8.92. The minimum absolute atomic E-state index is 0.468.